The first-order valence-electron chi connectivity index (χ1n) is 13.5. The number of amides is 2. The molecular weight excluding hydrogens is 502 g/mol. The first-order chi connectivity index (χ1) is 19.0. The van der Waals surface area contributed by atoms with Crippen molar-refractivity contribution in [2.24, 2.45) is 0 Å². The molecule has 2 fully saturated rings. The Kier molecular flexibility index (Phi) is 10.7. The fraction of sp³-hybridized carbons (Fsp3) is 0.517. The standard InChI is InChI=1S/C29H39N3O7/c1-3-37-27(34)16-30-29(35)31-23-12-10-22(11-13-23)28-38-25(17-32-14-4-5-24(32)19-36-2)15-26(39-28)21-8-6-20(18-33)7-9-21/h6-13,24-26,28,33H,3-5,14-19H2,1-2H3,(H2,30,31,35). The van der Waals surface area contributed by atoms with Crippen molar-refractivity contribution < 1.29 is 33.6 Å². The Hall–Kier alpha value is -3.02. The smallest absolute Gasteiger partial charge is 0.325 e. The summed E-state index contributed by atoms with van der Waals surface area (Å²) < 4.78 is 23.2. The molecule has 212 valence electrons. The number of benzene rings is 2. The molecule has 10 heteroatoms. The Morgan fingerprint density at radius 2 is 1.82 bits per heavy atom. The first kappa shape index (κ1) is 29.0. The van der Waals surface area contributed by atoms with Crippen molar-refractivity contribution in [1.29, 1.82) is 0 Å². The highest BCUT2D eigenvalue weighted by Gasteiger charge is 2.35. The number of urea groups is 1. The number of aliphatic hydroxyl groups excluding tert-OH is 1. The minimum atomic E-state index is -0.582. The molecule has 0 spiro atoms. The summed E-state index contributed by atoms with van der Waals surface area (Å²) in [5, 5.41) is 14.6. The van der Waals surface area contributed by atoms with Crippen LogP contribution in [-0.4, -0.2) is 74.1 Å². The number of ether oxygens (including phenoxy) is 4. The molecule has 4 atom stereocenters. The molecule has 2 aliphatic rings. The van der Waals surface area contributed by atoms with Crippen LogP contribution in [0.25, 0.3) is 0 Å². The van der Waals surface area contributed by atoms with E-state index < -0.39 is 18.3 Å². The lowest BCUT2D eigenvalue weighted by atomic mass is 9.99. The Morgan fingerprint density at radius 1 is 1.08 bits per heavy atom. The summed E-state index contributed by atoms with van der Waals surface area (Å²) in [5.74, 6) is -0.493. The van der Waals surface area contributed by atoms with E-state index in [0.29, 0.717) is 24.8 Å². The molecule has 2 aromatic rings. The Labute approximate surface area is 229 Å². The van der Waals surface area contributed by atoms with E-state index in [2.05, 4.69) is 15.5 Å². The van der Waals surface area contributed by atoms with Crippen molar-refractivity contribution >= 4 is 17.7 Å². The van der Waals surface area contributed by atoms with Gasteiger partial charge in [-0.3, -0.25) is 9.69 Å². The predicted molar refractivity (Wildman–Crippen MR) is 145 cm³/mol. The third kappa shape index (κ3) is 8.23. The predicted octanol–water partition coefficient (Wildman–Crippen LogP) is 3.52. The monoisotopic (exact) mass is 541 g/mol. The second-order valence-corrected chi connectivity index (χ2v) is 9.83. The van der Waals surface area contributed by atoms with Gasteiger partial charge in [-0.25, -0.2) is 4.79 Å². The zero-order chi connectivity index (χ0) is 27.6. The number of carbonyl (C=O) groups excluding carboxylic acids is 2. The van der Waals surface area contributed by atoms with Gasteiger partial charge in [-0.15, -0.1) is 0 Å². The average molecular weight is 542 g/mol. The Bertz CT molecular complexity index is 1060. The van der Waals surface area contributed by atoms with E-state index in [0.717, 1.165) is 42.6 Å². The summed E-state index contributed by atoms with van der Waals surface area (Å²) in [6, 6.07) is 15.0. The minimum absolute atomic E-state index is 0.00273. The van der Waals surface area contributed by atoms with Crippen LogP contribution in [0.4, 0.5) is 10.5 Å². The fourth-order valence-corrected chi connectivity index (χ4v) is 5.07. The number of esters is 1. The van der Waals surface area contributed by atoms with Gasteiger partial charge in [0.05, 0.1) is 32.0 Å². The van der Waals surface area contributed by atoms with Gasteiger partial charge in [0.25, 0.3) is 0 Å². The second kappa shape index (κ2) is 14.4. The summed E-state index contributed by atoms with van der Waals surface area (Å²) in [7, 11) is 1.74. The maximum absolute atomic E-state index is 12.1. The second-order valence-electron chi connectivity index (χ2n) is 9.83. The molecule has 2 saturated heterocycles. The number of carbonyl (C=O) groups is 2. The molecule has 0 aromatic heterocycles. The van der Waals surface area contributed by atoms with Crippen LogP contribution >= 0.6 is 0 Å². The van der Waals surface area contributed by atoms with Gasteiger partial charge in [0.2, 0.25) is 0 Å². The Morgan fingerprint density at radius 3 is 2.51 bits per heavy atom. The quantitative estimate of drug-likeness (QED) is 0.370. The molecule has 3 N–H and O–H groups in total. The van der Waals surface area contributed by atoms with Crippen LogP contribution in [0.15, 0.2) is 48.5 Å². The van der Waals surface area contributed by atoms with Gasteiger partial charge >= 0.3 is 12.0 Å². The zero-order valence-corrected chi connectivity index (χ0v) is 22.6. The van der Waals surface area contributed by atoms with E-state index in [1.54, 1.807) is 26.2 Å². The molecule has 0 radical (unpaired) electrons. The third-order valence-corrected chi connectivity index (χ3v) is 7.05. The summed E-state index contributed by atoms with van der Waals surface area (Å²) >= 11 is 0. The van der Waals surface area contributed by atoms with E-state index in [9.17, 15) is 14.7 Å². The molecule has 2 heterocycles. The highest BCUT2D eigenvalue weighted by atomic mass is 16.7. The van der Waals surface area contributed by atoms with Gasteiger partial charge in [0.15, 0.2) is 6.29 Å². The third-order valence-electron chi connectivity index (χ3n) is 7.05. The Balaban J connectivity index is 1.44. The normalized spacial score (nSPS) is 23.4. The average Bonchev–Trinajstić information content (AvgIpc) is 3.39. The number of nitrogens with one attached hydrogen (secondary N) is 2. The van der Waals surface area contributed by atoms with E-state index in [-0.39, 0.29) is 32.0 Å². The summed E-state index contributed by atoms with van der Waals surface area (Å²) in [4.78, 5) is 26.0. The fourth-order valence-electron chi connectivity index (χ4n) is 5.07. The molecule has 4 rings (SSSR count). The molecule has 0 aliphatic carbocycles. The largest absolute Gasteiger partial charge is 0.465 e. The van der Waals surface area contributed by atoms with Crippen molar-refractivity contribution in [2.45, 2.75) is 57.3 Å². The van der Waals surface area contributed by atoms with Crippen molar-refractivity contribution in [1.82, 2.24) is 10.2 Å². The van der Waals surface area contributed by atoms with Gasteiger partial charge < -0.3 is 34.7 Å². The van der Waals surface area contributed by atoms with E-state index >= 15 is 0 Å². The number of hydrogen-bond acceptors (Lipinski definition) is 8. The van der Waals surface area contributed by atoms with Crippen LogP contribution in [0.3, 0.4) is 0 Å². The van der Waals surface area contributed by atoms with Gasteiger partial charge in [-0.2, -0.15) is 0 Å². The van der Waals surface area contributed by atoms with Crippen molar-refractivity contribution in [3.8, 4) is 0 Å². The maximum atomic E-state index is 12.1. The van der Waals surface area contributed by atoms with E-state index in [1.807, 2.05) is 36.4 Å². The molecule has 10 nitrogen and oxygen atoms in total. The number of hydrogen-bond donors (Lipinski definition) is 3. The highest BCUT2D eigenvalue weighted by Crippen LogP contribution is 2.39. The van der Waals surface area contributed by atoms with E-state index in [1.165, 1.54) is 0 Å². The number of methoxy groups -OCH3 is 1. The first-order valence-corrected chi connectivity index (χ1v) is 13.5. The van der Waals surface area contributed by atoms with Gasteiger partial charge in [-0.1, -0.05) is 36.4 Å². The molecule has 0 bridgehead atoms. The molecule has 0 saturated carbocycles. The van der Waals surface area contributed by atoms with Crippen LogP contribution in [0.2, 0.25) is 0 Å². The number of nitrogens with zero attached hydrogens (tertiary/aromatic N) is 1. The van der Waals surface area contributed by atoms with Crippen molar-refractivity contribution in [3.63, 3.8) is 0 Å². The van der Waals surface area contributed by atoms with Crippen LogP contribution in [0.5, 0.6) is 0 Å². The molecule has 2 amide bonds. The van der Waals surface area contributed by atoms with Crippen molar-refractivity contribution in [3.05, 3.63) is 65.2 Å². The lowest BCUT2D eigenvalue weighted by Crippen LogP contribution is -2.42. The van der Waals surface area contributed by atoms with E-state index in [4.69, 9.17) is 18.9 Å². The zero-order valence-electron chi connectivity index (χ0n) is 22.6. The van der Waals surface area contributed by atoms with Gasteiger partial charge in [0, 0.05) is 37.4 Å². The molecule has 4 unspecified atom stereocenters. The molecule has 2 aromatic carbocycles. The summed E-state index contributed by atoms with van der Waals surface area (Å²) in [6.07, 6.45) is 2.18. The number of aliphatic hydroxyl groups is 1. The lowest BCUT2D eigenvalue weighted by Gasteiger charge is -2.38. The van der Waals surface area contributed by atoms with Crippen LogP contribution in [-0.2, 0) is 30.3 Å². The van der Waals surface area contributed by atoms with Crippen molar-refractivity contribution in [2.75, 3.05) is 45.3 Å². The number of anilines is 1. The molecular formula is C29H39N3O7. The van der Waals surface area contributed by atoms with Gasteiger partial charge in [0.1, 0.15) is 6.54 Å². The maximum Gasteiger partial charge on any atom is 0.325 e. The molecule has 39 heavy (non-hydrogen) atoms. The van der Waals surface area contributed by atoms with Gasteiger partial charge in [-0.05, 0) is 49.6 Å². The highest BCUT2D eigenvalue weighted by molar-refractivity contribution is 5.91. The van der Waals surface area contributed by atoms with Crippen LogP contribution in [0.1, 0.15) is 55.3 Å². The lowest BCUT2D eigenvalue weighted by molar-refractivity contribution is -0.253. The number of likely N-dealkylation sites (tertiary alicyclic amines) is 1. The molecule has 2 aliphatic heterocycles. The summed E-state index contributed by atoms with van der Waals surface area (Å²) in [6.45, 7) is 4.29. The number of rotatable bonds is 11. The van der Waals surface area contributed by atoms with Crippen LogP contribution in [0, 0.1) is 0 Å². The SMILES string of the molecule is CCOC(=O)CNC(=O)Nc1ccc(C2OC(CN3CCCC3COC)CC(c3ccc(CO)cc3)O2)cc1. The summed E-state index contributed by atoms with van der Waals surface area (Å²) in [5.41, 5.74) is 3.30. The van der Waals surface area contributed by atoms with Crippen LogP contribution < -0.4 is 10.6 Å². The topological polar surface area (TPSA) is 119 Å². The minimum Gasteiger partial charge on any atom is -0.465 e.